The fourth-order valence-electron chi connectivity index (χ4n) is 2.56. The molecule has 0 heterocycles. The number of hydrogen-bond acceptors (Lipinski definition) is 3. The zero-order valence-corrected chi connectivity index (χ0v) is 15.8. The van der Waals surface area contributed by atoms with Crippen LogP contribution in [-0.2, 0) is 11.6 Å². The van der Waals surface area contributed by atoms with Gasteiger partial charge < -0.3 is 16.0 Å². The van der Waals surface area contributed by atoms with Gasteiger partial charge in [0.2, 0.25) is 0 Å². The van der Waals surface area contributed by atoms with Crippen molar-refractivity contribution in [1.29, 1.82) is 0 Å². The van der Waals surface area contributed by atoms with Gasteiger partial charge in [-0.2, -0.15) is 13.2 Å². The SMILES string of the molecule is CCC(C)(C)c1cc(C)c(Oc2ccccc2C(F)(F)F)c(C(=O)O)c1.N. The number of carboxylic acid groups (broad SMARTS) is 1. The molecule has 4 nitrogen and oxygen atoms in total. The zero-order chi connectivity index (χ0) is 19.7. The molecule has 7 heteroatoms. The first-order valence-electron chi connectivity index (χ1n) is 8.20. The molecule has 2 aromatic carbocycles. The van der Waals surface area contributed by atoms with Crippen molar-refractivity contribution in [2.45, 2.75) is 45.7 Å². The molecule has 0 aliphatic carbocycles. The fourth-order valence-corrected chi connectivity index (χ4v) is 2.56. The van der Waals surface area contributed by atoms with Gasteiger partial charge in [0, 0.05) is 0 Å². The smallest absolute Gasteiger partial charge is 0.419 e. The number of ether oxygens (including phenoxy) is 1. The Morgan fingerprint density at radius 3 is 2.26 bits per heavy atom. The van der Waals surface area contributed by atoms with Gasteiger partial charge in [0.25, 0.3) is 0 Å². The van der Waals surface area contributed by atoms with Gasteiger partial charge in [-0.25, -0.2) is 4.79 Å². The largest absolute Gasteiger partial charge is 0.478 e. The van der Waals surface area contributed by atoms with E-state index in [1.54, 1.807) is 13.0 Å². The van der Waals surface area contributed by atoms with E-state index < -0.39 is 23.5 Å². The normalized spacial score (nSPS) is 11.7. The minimum Gasteiger partial charge on any atom is -0.478 e. The molecule has 27 heavy (non-hydrogen) atoms. The summed E-state index contributed by atoms with van der Waals surface area (Å²) in [5.41, 5.74) is -0.103. The summed E-state index contributed by atoms with van der Waals surface area (Å²) in [6.07, 6.45) is -3.82. The minimum atomic E-state index is -4.60. The number of rotatable bonds is 5. The third-order valence-electron chi connectivity index (χ3n) is 4.57. The van der Waals surface area contributed by atoms with E-state index in [-0.39, 0.29) is 22.9 Å². The molecule has 148 valence electrons. The number of hydrogen-bond donors (Lipinski definition) is 2. The topological polar surface area (TPSA) is 81.5 Å². The standard InChI is InChI=1S/C20H21F3O3.H3N/c1-5-19(3,4)13-10-12(2)17(14(11-13)18(24)25)26-16-9-7-6-8-15(16)20(21,22)23;/h6-11H,5H2,1-4H3,(H,24,25);1H3. The van der Waals surface area contributed by atoms with Gasteiger partial charge in [0.1, 0.15) is 17.1 Å². The fraction of sp³-hybridized carbons (Fsp3) is 0.350. The van der Waals surface area contributed by atoms with Crippen molar-refractivity contribution in [1.82, 2.24) is 6.15 Å². The molecule has 0 unspecified atom stereocenters. The van der Waals surface area contributed by atoms with Crippen molar-refractivity contribution in [3.05, 3.63) is 58.7 Å². The lowest BCUT2D eigenvalue weighted by Gasteiger charge is -2.25. The maximum absolute atomic E-state index is 13.2. The van der Waals surface area contributed by atoms with Crippen LogP contribution in [0, 0.1) is 6.92 Å². The summed E-state index contributed by atoms with van der Waals surface area (Å²) in [6.45, 7) is 7.58. The minimum absolute atomic E-state index is 0. The van der Waals surface area contributed by atoms with E-state index in [1.807, 2.05) is 20.8 Å². The second-order valence-corrected chi connectivity index (χ2v) is 6.81. The van der Waals surface area contributed by atoms with Crippen LogP contribution in [0.2, 0.25) is 0 Å². The average Bonchev–Trinajstić information content (AvgIpc) is 2.55. The number of aryl methyl sites for hydroxylation is 1. The molecule has 0 aliphatic rings. The van der Waals surface area contributed by atoms with E-state index in [1.165, 1.54) is 24.3 Å². The molecule has 4 N–H and O–H groups in total. The van der Waals surface area contributed by atoms with E-state index in [9.17, 15) is 23.1 Å². The summed E-state index contributed by atoms with van der Waals surface area (Å²) >= 11 is 0. The first-order chi connectivity index (χ1) is 12.0. The molecule has 0 aliphatic heterocycles. The molecular weight excluding hydrogens is 359 g/mol. The first-order valence-corrected chi connectivity index (χ1v) is 8.20. The molecule has 0 fully saturated rings. The molecular formula is C20H24F3NO3. The summed E-state index contributed by atoms with van der Waals surface area (Å²) in [6, 6.07) is 7.99. The Morgan fingerprint density at radius 1 is 1.15 bits per heavy atom. The molecule has 0 spiro atoms. The van der Waals surface area contributed by atoms with Crippen molar-refractivity contribution in [2.24, 2.45) is 0 Å². The Labute approximate surface area is 156 Å². The summed E-state index contributed by atoms with van der Waals surface area (Å²) in [7, 11) is 0. The third kappa shape index (κ3) is 4.80. The van der Waals surface area contributed by atoms with E-state index >= 15 is 0 Å². The monoisotopic (exact) mass is 383 g/mol. The van der Waals surface area contributed by atoms with Crippen LogP contribution in [0.15, 0.2) is 36.4 Å². The van der Waals surface area contributed by atoms with Crippen LogP contribution >= 0.6 is 0 Å². The number of aromatic carboxylic acids is 1. The van der Waals surface area contributed by atoms with Gasteiger partial charge in [-0.1, -0.05) is 39.0 Å². The van der Waals surface area contributed by atoms with E-state index in [0.717, 1.165) is 18.1 Å². The number of carboxylic acids is 1. The molecule has 0 aromatic heterocycles. The number of carbonyl (C=O) groups is 1. The van der Waals surface area contributed by atoms with Crippen LogP contribution in [0.25, 0.3) is 0 Å². The highest BCUT2D eigenvalue weighted by Crippen LogP contribution is 2.40. The lowest BCUT2D eigenvalue weighted by molar-refractivity contribution is -0.138. The highest BCUT2D eigenvalue weighted by atomic mass is 19.4. The van der Waals surface area contributed by atoms with Crippen molar-refractivity contribution in [3.63, 3.8) is 0 Å². The first kappa shape index (κ1) is 22.5. The lowest BCUT2D eigenvalue weighted by atomic mass is 9.80. The van der Waals surface area contributed by atoms with Gasteiger partial charge in [-0.05, 0) is 48.1 Å². The molecule has 0 bridgehead atoms. The van der Waals surface area contributed by atoms with Crippen LogP contribution in [0.1, 0.15) is 54.2 Å². The highest BCUT2D eigenvalue weighted by Gasteiger charge is 2.35. The number of para-hydroxylation sites is 1. The lowest BCUT2D eigenvalue weighted by Crippen LogP contribution is -2.17. The van der Waals surface area contributed by atoms with Gasteiger partial charge in [-0.3, -0.25) is 0 Å². The second-order valence-electron chi connectivity index (χ2n) is 6.81. The summed E-state index contributed by atoms with van der Waals surface area (Å²) < 4.78 is 45.0. The predicted molar refractivity (Wildman–Crippen MR) is 98.0 cm³/mol. The average molecular weight is 383 g/mol. The number of benzene rings is 2. The highest BCUT2D eigenvalue weighted by molar-refractivity contribution is 5.92. The third-order valence-corrected chi connectivity index (χ3v) is 4.57. The van der Waals surface area contributed by atoms with Crippen LogP contribution in [0.3, 0.4) is 0 Å². The number of halogens is 3. The van der Waals surface area contributed by atoms with Gasteiger partial charge >= 0.3 is 12.1 Å². The van der Waals surface area contributed by atoms with Gasteiger partial charge in [0.15, 0.2) is 0 Å². The van der Waals surface area contributed by atoms with Crippen molar-refractivity contribution < 1.29 is 27.8 Å². The van der Waals surface area contributed by atoms with Crippen LogP contribution in [0.4, 0.5) is 13.2 Å². The molecule has 2 aromatic rings. The van der Waals surface area contributed by atoms with Gasteiger partial charge in [0.05, 0.1) is 5.56 Å². The summed E-state index contributed by atoms with van der Waals surface area (Å²) in [5.74, 6) is -1.75. The van der Waals surface area contributed by atoms with Crippen molar-refractivity contribution >= 4 is 5.97 Å². The Kier molecular flexibility index (Phi) is 6.67. The Bertz CT molecular complexity index is 830. The molecule has 0 saturated carbocycles. The van der Waals surface area contributed by atoms with E-state index in [2.05, 4.69) is 0 Å². The Hall–Kier alpha value is -2.54. The van der Waals surface area contributed by atoms with E-state index in [4.69, 9.17) is 4.74 Å². The molecule has 0 saturated heterocycles. The zero-order valence-electron chi connectivity index (χ0n) is 15.8. The second kappa shape index (κ2) is 8.00. The molecule has 0 amide bonds. The van der Waals surface area contributed by atoms with Crippen LogP contribution < -0.4 is 10.9 Å². The van der Waals surface area contributed by atoms with Crippen LogP contribution in [0.5, 0.6) is 11.5 Å². The molecule has 0 radical (unpaired) electrons. The van der Waals surface area contributed by atoms with Gasteiger partial charge in [-0.15, -0.1) is 0 Å². The molecule has 0 atom stereocenters. The Morgan fingerprint density at radius 2 is 1.74 bits per heavy atom. The quantitative estimate of drug-likeness (QED) is 0.630. The summed E-state index contributed by atoms with van der Waals surface area (Å²) in [4.78, 5) is 11.7. The molecule has 2 rings (SSSR count). The Balaban J connectivity index is 0.00000364. The maximum Gasteiger partial charge on any atom is 0.419 e. The van der Waals surface area contributed by atoms with Crippen molar-refractivity contribution in [3.8, 4) is 11.5 Å². The van der Waals surface area contributed by atoms with Crippen molar-refractivity contribution in [2.75, 3.05) is 0 Å². The van der Waals surface area contributed by atoms with E-state index in [0.29, 0.717) is 5.56 Å². The maximum atomic E-state index is 13.2. The van der Waals surface area contributed by atoms with Crippen LogP contribution in [-0.4, -0.2) is 11.1 Å². The number of alkyl halides is 3. The predicted octanol–water partition coefficient (Wildman–Crippen LogP) is 6.35. The summed E-state index contributed by atoms with van der Waals surface area (Å²) in [5, 5.41) is 9.56.